The molecule has 0 saturated heterocycles. The molecule has 11 heavy (non-hydrogen) atoms. The lowest BCUT2D eigenvalue weighted by molar-refractivity contribution is 0.836. The predicted octanol–water partition coefficient (Wildman–Crippen LogP) is 1.26. The molecule has 0 aromatic rings. The molecule has 0 aromatic carbocycles. The zero-order valence-corrected chi connectivity index (χ0v) is 7.87. The Kier molecular flexibility index (Phi) is 7.03. The summed E-state index contributed by atoms with van der Waals surface area (Å²) in [4.78, 5) is 0. The molecule has 3 nitrogen and oxygen atoms in total. The standard InChI is InChI=1S/C7H15N3S/c1-3-4-5-6-9-10-7(11)8-2/h6H,3-5H2,1-2H3,(H2,8,10,11)/b9-6+. The molecular weight excluding hydrogens is 158 g/mol. The fraction of sp³-hybridized carbons (Fsp3) is 0.714. The van der Waals surface area contributed by atoms with E-state index in [0.29, 0.717) is 5.11 Å². The Balaban J connectivity index is 3.22. The van der Waals surface area contributed by atoms with Crippen LogP contribution in [0.2, 0.25) is 0 Å². The minimum atomic E-state index is 0.553. The van der Waals surface area contributed by atoms with Crippen LogP contribution in [0.15, 0.2) is 5.10 Å². The van der Waals surface area contributed by atoms with E-state index in [1.54, 1.807) is 7.05 Å². The van der Waals surface area contributed by atoms with Gasteiger partial charge in [-0.2, -0.15) is 5.10 Å². The summed E-state index contributed by atoms with van der Waals surface area (Å²) < 4.78 is 0. The van der Waals surface area contributed by atoms with Gasteiger partial charge in [-0.15, -0.1) is 0 Å². The van der Waals surface area contributed by atoms with Crippen LogP contribution in [0.4, 0.5) is 0 Å². The Bertz CT molecular complexity index is 134. The van der Waals surface area contributed by atoms with E-state index in [-0.39, 0.29) is 0 Å². The SMILES string of the molecule is CCCC/C=N/NC(=S)NC. The number of nitrogens with zero attached hydrogens (tertiary/aromatic N) is 1. The van der Waals surface area contributed by atoms with Crippen LogP contribution in [0.5, 0.6) is 0 Å². The molecule has 0 radical (unpaired) electrons. The van der Waals surface area contributed by atoms with Gasteiger partial charge in [-0.3, -0.25) is 5.43 Å². The molecule has 2 N–H and O–H groups in total. The Labute approximate surface area is 73.3 Å². The Hall–Kier alpha value is -0.640. The normalized spacial score (nSPS) is 10.0. The van der Waals surface area contributed by atoms with Crippen LogP contribution >= 0.6 is 12.2 Å². The summed E-state index contributed by atoms with van der Waals surface area (Å²) in [5, 5.41) is 7.22. The molecule has 0 unspecified atom stereocenters. The molecule has 0 amide bonds. The van der Waals surface area contributed by atoms with Crippen LogP contribution in [0.25, 0.3) is 0 Å². The average molecular weight is 173 g/mol. The molecule has 64 valence electrons. The first-order valence-corrected chi connectivity index (χ1v) is 4.21. The van der Waals surface area contributed by atoms with E-state index in [1.807, 2.05) is 6.21 Å². The average Bonchev–Trinajstić information content (AvgIpc) is 2.04. The fourth-order valence-corrected chi connectivity index (χ4v) is 0.573. The summed E-state index contributed by atoms with van der Waals surface area (Å²) in [6, 6.07) is 0. The monoisotopic (exact) mass is 173 g/mol. The number of unbranched alkanes of at least 4 members (excludes halogenated alkanes) is 2. The lowest BCUT2D eigenvalue weighted by atomic mass is 10.3. The first kappa shape index (κ1) is 10.4. The molecule has 0 atom stereocenters. The van der Waals surface area contributed by atoms with Gasteiger partial charge in [0.1, 0.15) is 0 Å². The number of hydrogen-bond acceptors (Lipinski definition) is 2. The predicted molar refractivity (Wildman–Crippen MR) is 52.8 cm³/mol. The van der Waals surface area contributed by atoms with Gasteiger partial charge in [0.25, 0.3) is 0 Å². The van der Waals surface area contributed by atoms with Gasteiger partial charge in [-0.1, -0.05) is 13.3 Å². The molecule has 0 aliphatic rings. The third kappa shape index (κ3) is 7.25. The minimum absolute atomic E-state index is 0.553. The highest BCUT2D eigenvalue weighted by atomic mass is 32.1. The van der Waals surface area contributed by atoms with E-state index in [1.165, 1.54) is 12.8 Å². The summed E-state index contributed by atoms with van der Waals surface area (Å²) in [5.74, 6) is 0. The maximum Gasteiger partial charge on any atom is 0.186 e. The number of hydrogen-bond donors (Lipinski definition) is 2. The van der Waals surface area contributed by atoms with Crippen molar-refractivity contribution in [3.05, 3.63) is 0 Å². The molecule has 0 bridgehead atoms. The van der Waals surface area contributed by atoms with Gasteiger partial charge in [-0.05, 0) is 25.1 Å². The van der Waals surface area contributed by atoms with Gasteiger partial charge in [0, 0.05) is 13.3 Å². The van der Waals surface area contributed by atoms with Crippen LogP contribution < -0.4 is 10.7 Å². The topological polar surface area (TPSA) is 36.4 Å². The van der Waals surface area contributed by atoms with E-state index in [2.05, 4.69) is 22.8 Å². The second-order valence-corrected chi connectivity index (χ2v) is 2.55. The molecule has 0 heterocycles. The highest BCUT2D eigenvalue weighted by Crippen LogP contribution is 1.88. The molecule has 0 saturated carbocycles. The molecule has 4 heteroatoms. The van der Waals surface area contributed by atoms with Crippen molar-refractivity contribution in [2.24, 2.45) is 5.10 Å². The maximum absolute atomic E-state index is 4.80. The molecule has 0 fully saturated rings. The van der Waals surface area contributed by atoms with Crippen LogP contribution in [0, 0.1) is 0 Å². The lowest BCUT2D eigenvalue weighted by Crippen LogP contribution is -2.28. The molecule has 0 spiro atoms. The first-order chi connectivity index (χ1) is 5.31. The third-order valence-electron chi connectivity index (χ3n) is 1.17. The highest BCUT2D eigenvalue weighted by molar-refractivity contribution is 7.80. The minimum Gasteiger partial charge on any atom is -0.364 e. The second kappa shape index (κ2) is 7.47. The van der Waals surface area contributed by atoms with Gasteiger partial charge < -0.3 is 5.32 Å². The first-order valence-electron chi connectivity index (χ1n) is 3.80. The molecule has 0 aliphatic carbocycles. The fourth-order valence-electron chi connectivity index (χ4n) is 0.520. The summed E-state index contributed by atoms with van der Waals surface area (Å²) in [6.07, 6.45) is 5.23. The number of rotatable bonds is 4. The molecule has 0 aliphatic heterocycles. The number of thiocarbonyl (C=S) groups is 1. The third-order valence-corrected chi connectivity index (χ3v) is 1.47. The summed E-state index contributed by atoms with van der Waals surface area (Å²) in [5.41, 5.74) is 2.68. The van der Waals surface area contributed by atoms with Crippen molar-refractivity contribution in [1.82, 2.24) is 10.7 Å². The van der Waals surface area contributed by atoms with Crippen molar-refractivity contribution in [3.63, 3.8) is 0 Å². The van der Waals surface area contributed by atoms with Gasteiger partial charge >= 0.3 is 0 Å². The summed E-state index contributed by atoms with van der Waals surface area (Å²) >= 11 is 4.80. The van der Waals surface area contributed by atoms with Crippen LogP contribution in [0.3, 0.4) is 0 Å². The summed E-state index contributed by atoms with van der Waals surface area (Å²) in [6.45, 7) is 2.15. The number of nitrogens with one attached hydrogen (secondary N) is 2. The van der Waals surface area contributed by atoms with Crippen molar-refractivity contribution < 1.29 is 0 Å². The van der Waals surface area contributed by atoms with E-state index in [0.717, 1.165) is 6.42 Å². The van der Waals surface area contributed by atoms with E-state index in [9.17, 15) is 0 Å². The van der Waals surface area contributed by atoms with Gasteiger partial charge in [0.2, 0.25) is 0 Å². The summed E-state index contributed by atoms with van der Waals surface area (Å²) in [7, 11) is 1.76. The van der Waals surface area contributed by atoms with Crippen molar-refractivity contribution in [3.8, 4) is 0 Å². The van der Waals surface area contributed by atoms with Crippen molar-refractivity contribution in [2.75, 3.05) is 7.05 Å². The maximum atomic E-state index is 4.80. The van der Waals surface area contributed by atoms with Gasteiger partial charge in [-0.25, -0.2) is 0 Å². The molecule has 0 aromatic heterocycles. The smallest absolute Gasteiger partial charge is 0.186 e. The molecular formula is C7H15N3S. The van der Waals surface area contributed by atoms with Crippen molar-refractivity contribution in [2.45, 2.75) is 26.2 Å². The Morgan fingerprint density at radius 2 is 2.36 bits per heavy atom. The van der Waals surface area contributed by atoms with Gasteiger partial charge in [0.05, 0.1) is 0 Å². The van der Waals surface area contributed by atoms with Crippen molar-refractivity contribution >= 4 is 23.5 Å². The number of hydrazone groups is 1. The lowest BCUT2D eigenvalue weighted by Gasteiger charge is -1.98. The zero-order valence-electron chi connectivity index (χ0n) is 7.05. The van der Waals surface area contributed by atoms with Crippen LogP contribution in [0.1, 0.15) is 26.2 Å². The van der Waals surface area contributed by atoms with Crippen LogP contribution in [-0.4, -0.2) is 18.4 Å². The van der Waals surface area contributed by atoms with E-state index < -0.39 is 0 Å². The van der Waals surface area contributed by atoms with E-state index >= 15 is 0 Å². The van der Waals surface area contributed by atoms with E-state index in [4.69, 9.17) is 12.2 Å². The molecule has 0 rings (SSSR count). The highest BCUT2D eigenvalue weighted by Gasteiger charge is 1.83. The Morgan fingerprint density at radius 1 is 1.64 bits per heavy atom. The van der Waals surface area contributed by atoms with Crippen molar-refractivity contribution in [1.29, 1.82) is 0 Å². The Morgan fingerprint density at radius 3 is 2.91 bits per heavy atom. The largest absolute Gasteiger partial charge is 0.364 e. The van der Waals surface area contributed by atoms with Crippen LogP contribution in [-0.2, 0) is 0 Å². The zero-order chi connectivity index (χ0) is 8.53. The quantitative estimate of drug-likeness (QED) is 0.291. The van der Waals surface area contributed by atoms with Gasteiger partial charge in [0.15, 0.2) is 5.11 Å². The second-order valence-electron chi connectivity index (χ2n) is 2.14.